The third-order valence-electron chi connectivity index (χ3n) is 3.73. The summed E-state index contributed by atoms with van der Waals surface area (Å²) in [4.78, 5) is 24.9. The number of carbonyl (C=O) groups excluding carboxylic acids is 1. The van der Waals surface area contributed by atoms with Crippen molar-refractivity contribution >= 4 is 18.0 Å². The number of hydrogen-bond donors (Lipinski definition) is 1. The second kappa shape index (κ2) is 5.00. The van der Waals surface area contributed by atoms with Crippen LogP contribution in [0.15, 0.2) is 29.8 Å². The molecule has 5 nitrogen and oxygen atoms in total. The molecule has 2 aliphatic heterocycles. The minimum Gasteiger partial charge on any atom is -0.488 e. The summed E-state index contributed by atoms with van der Waals surface area (Å²) in [6, 6.07) is 7.54. The van der Waals surface area contributed by atoms with E-state index in [2.05, 4.69) is 0 Å². The summed E-state index contributed by atoms with van der Waals surface area (Å²) in [5.41, 5.74) is 1.46. The van der Waals surface area contributed by atoms with Gasteiger partial charge < -0.3 is 14.7 Å². The van der Waals surface area contributed by atoms with E-state index < -0.39 is 11.9 Å². The molecule has 0 aliphatic carbocycles. The first-order valence-electron chi connectivity index (χ1n) is 6.59. The molecule has 2 heterocycles. The average molecular weight is 273 g/mol. The first-order valence-corrected chi connectivity index (χ1v) is 6.59. The van der Waals surface area contributed by atoms with Crippen LogP contribution in [0.25, 0.3) is 6.08 Å². The Kier molecular flexibility index (Phi) is 3.18. The molecule has 1 saturated heterocycles. The van der Waals surface area contributed by atoms with Crippen molar-refractivity contribution in [2.45, 2.75) is 6.42 Å². The summed E-state index contributed by atoms with van der Waals surface area (Å²) >= 11 is 0. The fourth-order valence-corrected chi connectivity index (χ4v) is 2.59. The number of likely N-dealkylation sites (tertiary alicyclic amines) is 1. The standard InChI is InChI=1S/C15H15NO4/c17-14(16-6-5-11(8-16)15(18)19)12-7-10-3-1-2-4-13(10)20-9-12/h1-4,7,11H,5-6,8-9H2,(H,18,19). The molecule has 1 amide bonds. The van der Waals surface area contributed by atoms with Crippen LogP contribution >= 0.6 is 0 Å². The molecule has 0 saturated carbocycles. The van der Waals surface area contributed by atoms with E-state index in [1.807, 2.05) is 30.3 Å². The molecule has 1 atom stereocenters. The molecule has 0 spiro atoms. The number of ether oxygens (including phenoxy) is 1. The van der Waals surface area contributed by atoms with Gasteiger partial charge in [-0.1, -0.05) is 18.2 Å². The summed E-state index contributed by atoms with van der Waals surface area (Å²) < 4.78 is 5.56. The molecule has 20 heavy (non-hydrogen) atoms. The maximum atomic E-state index is 12.4. The van der Waals surface area contributed by atoms with Gasteiger partial charge in [0.25, 0.3) is 5.91 Å². The van der Waals surface area contributed by atoms with E-state index >= 15 is 0 Å². The van der Waals surface area contributed by atoms with Gasteiger partial charge in [0.15, 0.2) is 0 Å². The largest absolute Gasteiger partial charge is 0.488 e. The number of nitrogens with zero attached hydrogens (tertiary/aromatic N) is 1. The van der Waals surface area contributed by atoms with Crippen LogP contribution in [0.2, 0.25) is 0 Å². The number of hydrogen-bond acceptors (Lipinski definition) is 3. The van der Waals surface area contributed by atoms with Crippen LogP contribution in [0.5, 0.6) is 5.75 Å². The van der Waals surface area contributed by atoms with Crippen LogP contribution in [-0.4, -0.2) is 41.6 Å². The van der Waals surface area contributed by atoms with E-state index in [-0.39, 0.29) is 19.1 Å². The van der Waals surface area contributed by atoms with Gasteiger partial charge in [-0.25, -0.2) is 0 Å². The number of amides is 1. The third kappa shape index (κ3) is 2.27. The summed E-state index contributed by atoms with van der Waals surface area (Å²) in [7, 11) is 0. The molecule has 1 aromatic rings. The fraction of sp³-hybridized carbons (Fsp3) is 0.333. The number of benzene rings is 1. The van der Waals surface area contributed by atoms with Crippen molar-refractivity contribution in [2.75, 3.05) is 19.7 Å². The first kappa shape index (κ1) is 12.7. The van der Waals surface area contributed by atoms with Gasteiger partial charge in [-0.05, 0) is 18.6 Å². The lowest BCUT2D eigenvalue weighted by atomic mass is 10.1. The maximum Gasteiger partial charge on any atom is 0.308 e. The number of carbonyl (C=O) groups is 2. The summed E-state index contributed by atoms with van der Waals surface area (Å²) in [5, 5.41) is 8.98. The minimum atomic E-state index is -0.834. The smallest absolute Gasteiger partial charge is 0.308 e. The average Bonchev–Trinajstić information content (AvgIpc) is 2.96. The number of carboxylic acid groups (broad SMARTS) is 1. The lowest BCUT2D eigenvalue weighted by Crippen LogP contribution is -2.33. The number of fused-ring (bicyclic) bond motifs is 1. The van der Waals surface area contributed by atoms with Crippen LogP contribution in [0.4, 0.5) is 0 Å². The molecule has 104 valence electrons. The Morgan fingerprint density at radius 3 is 2.85 bits per heavy atom. The van der Waals surface area contributed by atoms with Crippen LogP contribution in [-0.2, 0) is 9.59 Å². The van der Waals surface area contributed by atoms with Crippen LogP contribution < -0.4 is 4.74 Å². The summed E-state index contributed by atoms with van der Waals surface area (Å²) in [6.07, 6.45) is 2.35. The Labute approximate surface area is 116 Å². The zero-order valence-corrected chi connectivity index (χ0v) is 10.9. The fourth-order valence-electron chi connectivity index (χ4n) is 2.59. The van der Waals surface area contributed by atoms with Crippen LogP contribution in [0.1, 0.15) is 12.0 Å². The van der Waals surface area contributed by atoms with Crippen molar-refractivity contribution in [3.63, 3.8) is 0 Å². The zero-order chi connectivity index (χ0) is 14.1. The second-order valence-electron chi connectivity index (χ2n) is 5.07. The second-order valence-corrected chi connectivity index (χ2v) is 5.07. The summed E-state index contributed by atoms with van der Waals surface area (Å²) in [5.74, 6) is -0.631. The van der Waals surface area contributed by atoms with E-state index in [0.29, 0.717) is 18.5 Å². The molecule has 0 bridgehead atoms. The highest BCUT2D eigenvalue weighted by atomic mass is 16.5. The van der Waals surface area contributed by atoms with Gasteiger partial charge >= 0.3 is 5.97 Å². The predicted molar refractivity (Wildman–Crippen MR) is 72.2 cm³/mol. The van der Waals surface area contributed by atoms with Gasteiger partial charge in [0.1, 0.15) is 12.4 Å². The number of carboxylic acids is 1. The predicted octanol–water partition coefficient (Wildman–Crippen LogP) is 1.40. The van der Waals surface area contributed by atoms with Gasteiger partial charge in [-0.2, -0.15) is 0 Å². The molecular weight excluding hydrogens is 258 g/mol. The highest BCUT2D eigenvalue weighted by molar-refractivity contribution is 5.99. The lowest BCUT2D eigenvalue weighted by Gasteiger charge is -2.22. The van der Waals surface area contributed by atoms with Crippen molar-refractivity contribution in [1.29, 1.82) is 0 Å². The van der Waals surface area contributed by atoms with Crippen molar-refractivity contribution in [3.05, 3.63) is 35.4 Å². The Morgan fingerprint density at radius 1 is 1.30 bits per heavy atom. The van der Waals surface area contributed by atoms with Crippen molar-refractivity contribution in [3.8, 4) is 5.75 Å². The van der Waals surface area contributed by atoms with Crippen molar-refractivity contribution < 1.29 is 19.4 Å². The van der Waals surface area contributed by atoms with E-state index in [0.717, 1.165) is 11.3 Å². The van der Waals surface area contributed by atoms with Crippen LogP contribution in [0, 0.1) is 5.92 Å². The Morgan fingerprint density at radius 2 is 2.10 bits per heavy atom. The Hall–Kier alpha value is -2.30. The SMILES string of the molecule is O=C(O)C1CCN(C(=O)C2=Cc3ccccc3OC2)C1. The van der Waals surface area contributed by atoms with E-state index in [1.165, 1.54) is 0 Å². The molecule has 0 radical (unpaired) electrons. The Balaban J connectivity index is 1.76. The number of para-hydroxylation sites is 1. The highest BCUT2D eigenvalue weighted by Crippen LogP contribution is 2.27. The first-order chi connectivity index (χ1) is 9.65. The van der Waals surface area contributed by atoms with Gasteiger partial charge in [0, 0.05) is 18.7 Å². The molecule has 1 aromatic carbocycles. The lowest BCUT2D eigenvalue weighted by molar-refractivity contribution is -0.141. The molecule has 0 aromatic heterocycles. The minimum absolute atomic E-state index is 0.122. The normalized spacial score (nSPS) is 20.9. The molecular formula is C15H15NO4. The quantitative estimate of drug-likeness (QED) is 0.884. The summed E-state index contributed by atoms with van der Waals surface area (Å²) in [6.45, 7) is 1.02. The number of aliphatic carboxylic acids is 1. The molecule has 1 unspecified atom stereocenters. The highest BCUT2D eigenvalue weighted by Gasteiger charge is 2.32. The Bertz CT molecular complexity index is 593. The molecule has 2 aliphatic rings. The van der Waals surface area contributed by atoms with Crippen LogP contribution in [0.3, 0.4) is 0 Å². The topological polar surface area (TPSA) is 66.8 Å². The van der Waals surface area contributed by atoms with Crippen molar-refractivity contribution in [2.24, 2.45) is 5.92 Å². The molecule has 1 N–H and O–H groups in total. The van der Waals surface area contributed by atoms with Gasteiger partial charge in [-0.3, -0.25) is 9.59 Å². The number of rotatable bonds is 2. The van der Waals surface area contributed by atoms with E-state index in [9.17, 15) is 9.59 Å². The van der Waals surface area contributed by atoms with E-state index in [4.69, 9.17) is 9.84 Å². The molecule has 3 rings (SSSR count). The zero-order valence-electron chi connectivity index (χ0n) is 10.9. The van der Waals surface area contributed by atoms with Gasteiger partial charge in [0.05, 0.1) is 11.5 Å². The third-order valence-corrected chi connectivity index (χ3v) is 3.73. The van der Waals surface area contributed by atoms with Gasteiger partial charge in [-0.15, -0.1) is 0 Å². The van der Waals surface area contributed by atoms with E-state index in [1.54, 1.807) is 4.90 Å². The monoisotopic (exact) mass is 273 g/mol. The molecule has 1 fully saturated rings. The maximum absolute atomic E-state index is 12.4. The van der Waals surface area contributed by atoms with Crippen molar-refractivity contribution in [1.82, 2.24) is 4.90 Å². The van der Waals surface area contributed by atoms with Gasteiger partial charge in [0.2, 0.25) is 0 Å². The molecule has 5 heteroatoms.